The highest BCUT2D eigenvalue weighted by molar-refractivity contribution is 9.09. The van der Waals surface area contributed by atoms with Gasteiger partial charge in [0.05, 0.1) is 4.83 Å². The predicted octanol–water partition coefficient (Wildman–Crippen LogP) is 5.16. The fourth-order valence-corrected chi connectivity index (χ4v) is 6.62. The molecule has 3 nitrogen and oxygen atoms in total. The molecule has 0 aliphatic heterocycles. The standard InChI is InChI=1S/C17H25BrN2O/c1-4-12(18)13-19-20-14(21-13)17-7-11-5-15(2,9-17)8-16(3,6-11)10-17/h11-12H,4-10H2,1-3H3. The first-order chi connectivity index (χ1) is 9.85. The first-order valence-electron chi connectivity index (χ1n) is 8.33. The zero-order valence-corrected chi connectivity index (χ0v) is 14.9. The average Bonchev–Trinajstić information content (AvgIpc) is 2.83. The van der Waals surface area contributed by atoms with Gasteiger partial charge in [0.2, 0.25) is 11.8 Å². The molecule has 4 saturated carbocycles. The maximum Gasteiger partial charge on any atom is 0.230 e. The van der Waals surface area contributed by atoms with Crippen LogP contribution >= 0.6 is 15.9 Å². The van der Waals surface area contributed by atoms with Gasteiger partial charge in [-0.15, -0.1) is 10.2 Å². The predicted molar refractivity (Wildman–Crippen MR) is 85.3 cm³/mol. The van der Waals surface area contributed by atoms with E-state index in [1.165, 1.54) is 38.5 Å². The largest absolute Gasteiger partial charge is 0.423 e. The molecule has 1 aromatic heterocycles. The molecule has 1 heterocycles. The molecular weight excluding hydrogens is 328 g/mol. The van der Waals surface area contributed by atoms with Gasteiger partial charge in [0.1, 0.15) is 0 Å². The van der Waals surface area contributed by atoms with E-state index in [0.717, 1.165) is 24.1 Å². The fourth-order valence-electron chi connectivity index (χ4n) is 6.44. The van der Waals surface area contributed by atoms with Gasteiger partial charge >= 0.3 is 0 Å². The lowest BCUT2D eigenvalue weighted by Crippen LogP contribution is -2.57. The first-order valence-corrected chi connectivity index (χ1v) is 9.25. The number of hydrogen-bond acceptors (Lipinski definition) is 3. The normalized spacial score (nSPS) is 46.0. The molecule has 21 heavy (non-hydrogen) atoms. The minimum Gasteiger partial charge on any atom is -0.423 e. The molecule has 5 rings (SSSR count). The smallest absolute Gasteiger partial charge is 0.230 e. The molecule has 4 bridgehead atoms. The Kier molecular flexibility index (Phi) is 2.94. The van der Waals surface area contributed by atoms with Gasteiger partial charge in [-0.3, -0.25) is 0 Å². The Hall–Kier alpha value is -0.380. The second kappa shape index (κ2) is 4.33. The molecule has 4 aliphatic carbocycles. The molecule has 116 valence electrons. The van der Waals surface area contributed by atoms with E-state index in [0.29, 0.717) is 10.8 Å². The van der Waals surface area contributed by atoms with Crippen molar-refractivity contribution in [3.05, 3.63) is 11.8 Å². The molecule has 0 N–H and O–H groups in total. The second-order valence-corrected chi connectivity index (χ2v) is 9.84. The van der Waals surface area contributed by atoms with Gasteiger partial charge in [-0.1, -0.05) is 36.7 Å². The van der Waals surface area contributed by atoms with Crippen LogP contribution in [0.3, 0.4) is 0 Å². The van der Waals surface area contributed by atoms with E-state index in [-0.39, 0.29) is 10.2 Å². The van der Waals surface area contributed by atoms with Gasteiger partial charge in [0.25, 0.3) is 0 Å². The maximum absolute atomic E-state index is 6.14. The van der Waals surface area contributed by atoms with Crippen molar-refractivity contribution in [3.8, 4) is 0 Å². The SMILES string of the molecule is CCC(Br)c1nnc(C23CC4CC(C)(CC(C)(C4)C2)C3)o1. The number of rotatable bonds is 3. The molecule has 0 spiro atoms. The average molecular weight is 353 g/mol. The monoisotopic (exact) mass is 352 g/mol. The van der Waals surface area contributed by atoms with E-state index in [9.17, 15) is 0 Å². The lowest BCUT2D eigenvalue weighted by molar-refractivity contribution is -0.117. The molecule has 1 aromatic rings. The highest BCUT2D eigenvalue weighted by Crippen LogP contribution is 2.69. The van der Waals surface area contributed by atoms with Crippen molar-refractivity contribution in [2.24, 2.45) is 16.7 Å². The Balaban J connectivity index is 1.72. The summed E-state index contributed by atoms with van der Waals surface area (Å²) in [6.07, 6.45) is 8.92. The molecule has 3 atom stereocenters. The minimum atomic E-state index is 0.161. The van der Waals surface area contributed by atoms with E-state index in [1.54, 1.807) is 0 Å². The van der Waals surface area contributed by atoms with Crippen molar-refractivity contribution in [1.29, 1.82) is 0 Å². The van der Waals surface area contributed by atoms with E-state index >= 15 is 0 Å². The fraction of sp³-hybridized carbons (Fsp3) is 0.882. The third kappa shape index (κ3) is 2.12. The van der Waals surface area contributed by atoms with E-state index in [4.69, 9.17) is 4.42 Å². The van der Waals surface area contributed by atoms with Gasteiger partial charge in [-0.2, -0.15) is 0 Å². The van der Waals surface area contributed by atoms with E-state index < -0.39 is 0 Å². The number of alkyl halides is 1. The van der Waals surface area contributed by atoms with E-state index in [1.807, 2.05) is 0 Å². The van der Waals surface area contributed by atoms with Crippen molar-refractivity contribution in [3.63, 3.8) is 0 Å². The molecule has 0 radical (unpaired) electrons. The molecule has 0 saturated heterocycles. The van der Waals surface area contributed by atoms with Crippen LogP contribution in [0.15, 0.2) is 4.42 Å². The summed E-state index contributed by atoms with van der Waals surface area (Å²) in [5.41, 5.74) is 1.14. The van der Waals surface area contributed by atoms with Gasteiger partial charge in [0.15, 0.2) is 0 Å². The molecule has 4 heteroatoms. The van der Waals surface area contributed by atoms with Crippen LogP contribution in [0.4, 0.5) is 0 Å². The summed E-state index contributed by atoms with van der Waals surface area (Å²) in [7, 11) is 0. The summed E-state index contributed by atoms with van der Waals surface area (Å²) >= 11 is 3.63. The van der Waals surface area contributed by atoms with Crippen LogP contribution in [-0.2, 0) is 5.41 Å². The summed E-state index contributed by atoms with van der Waals surface area (Å²) in [6.45, 7) is 7.11. The number of halogens is 1. The number of nitrogens with zero attached hydrogens (tertiary/aromatic N) is 2. The molecule has 0 amide bonds. The summed E-state index contributed by atoms with van der Waals surface area (Å²) in [6, 6.07) is 0. The van der Waals surface area contributed by atoms with Gasteiger partial charge in [-0.05, 0) is 61.7 Å². The number of hydrogen-bond donors (Lipinski definition) is 0. The van der Waals surface area contributed by atoms with Crippen LogP contribution in [-0.4, -0.2) is 10.2 Å². The third-order valence-electron chi connectivity index (χ3n) is 6.15. The van der Waals surface area contributed by atoms with Gasteiger partial charge < -0.3 is 4.42 Å². The Morgan fingerprint density at radius 1 is 1.14 bits per heavy atom. The zero-order valence-electron chi connectivity index (χ0n) is 13.3. The van der Waals surface area contributed by atoms with Crippen LogP contribution in [0, 0.1) is 16.7 Å². The topological polar surface area (TPSA) is 38.9 Å². The Morgan fingerprint density at radius 3 is 2.38 bits per heavy atom. The molecule has 0 aromatic carbocycles. The van der Waals surface area contributed by atoms with Crippen molar-refractivity contribution in [2.45, 2.75) is 76.0 Å². The highest BCUT2D eigenvalue weighted by Gasteiger charge is 2.62. The van der Waals surface area contributed by atoms with Crippen molar-refractivity contribution < 1.29 is 4.42 Å². The van der Waals surface area contributed by atoms with Crippen LogP contribution in [0.5, 0.6) is 0 Å². The van der Waals surface area contributed by atoms with Crippen LogP contribution in [0.25, 0.3) is 0 Å². The first kappa shape index (κ1) is 14.2. The Morgan fingerprint density at radius 2 is 1.81 bits per heavy atom. The molecular formula is C17H25BrN2O. The van der Waals surface area contributed by atoms with Crippen molar-refractivity contribution >= 4 is 15.9 Å². The Labute approximate surface area is 135 Å². The molecule has 4 fully saturated rings. The maximum atomic E-state index is 6.14. The van der Waals surface area contributed by atoms with E-state index in [2.05, 4.69) is 46.9 Å². The van der Waals surface area contributed by atoms with Gasteiger partial charge in [-0.25, -0.2) is 0 Å². The number of aromatic nitrogens is 2. The van der Waals surface area contributed by atoms with Gasteiger partial charge in [0, 0.05) is 5.41 Å². The zero-order chi connectivity index (χ0) is 14.9. The van der Waals surface area contributed by atoms with Crippen molar-refractivity contribution in [2.75, 3.05) is 0 Å². The second-order valence-electron chi connectivity index (χ2n) is 8.73. The highest BCUT2D eigenvalue weighted by atomic mass is 79.9. The third-order valence-corrected chi connectivity index (χ3v) is 7.19. The molecule has 3 unspecified atom stereocenters. The summed E-state index contributed by atoms with van der Waals surface area (Å²) in [4.78, 5) is 0.193. The van der Waals surface area contributed by atoms with Crippen LogP contribution in [0.2, 0.25) is 0 Å². The summed E-state index contributed by atoms with van der Waals surface area (Å²) in [5, 5.41) is 8.82. The quantitative estimate of drug-likeness (QED) is 0.704. The molecule has 4 aliphatic rings. The summed E-state index contributed by atoms with van der Waals surface area (Å²) < 4.78 is 6.14. The van der Waals surface area contributed by atoms with Crippen LogP contribution in [0.1, 0.15) is 82.3 Å². The Bertz CT molecular complexity index is 551. The lowest BCUT2D eigenvalue weighted by atomic mass is 9.40. The van der Waals surface area contributed by atoms with Crippen LogP contribution < -0.4 is 0 Å². The minimum absolute atomic E-state index is 0.161. The lowest BCUT2D eigenvalue weighted by Gasteiger charge is -2.64. The summed E-state index contributed by atoms with van der Waals surface area (Å²) in [5.74, 6) is 2.55. The van der Waals surface area contributed by atoms with Crippen molar-refractivity contribution in [1.82, 2.24) is 10.2 Å².